The molecule has 0 saturated heterocycles. The fraction of sp³-hybridized carbons (Fsp3) is 0.600. The van der Waals surface area contributed by atoms with E-state index in [0.29, 0.717) is 0 Å². The highest BCUT2D eigenvalue weighted by Gasteiger charge is 2.29. The number of carbonyl (C=O) groups excluding carboxylic acids is 1. The summed E-state index contributed by atoms with van der Waals surface area (Å²) in [5, 5.41) is 17.5. The van der Waals surface area contributed by atoms with Crippen LogP contribution in [0.4, 0.5) is 5.69 Å². The normalized spacial score (nSPS) is 16.1. The number of rotatable bonds is 5. The lowest BCUT2D eigenvalue weighted by atomic mass is 10.3. The van der Waals surface area contributed by atoms with E-state index in [2.05, 4.69) is 10.4 Å². The molecule has 98 valence electrons. The molecule has 1 saturated carbocycles. The van der Waals surface area contributed by atoms with Gasteiger partial charge in [0.2, 0.25) is 5.91 Å². The van der Waals surface area contributed by atoms with Crippen LogP contribution in [0.5, 0.6) is 5.88 Å². The average Bonchev–Trinajstić information content (AvgIpc) is 3.03. The second-order valence-electron chi connectivity index (χ2n) is 4.22. The van der Waals surface area contributed by atoms with E-state index < -0.39 is 11.0 Å². The van der Waals surface area contributed by atoms with E-state index in [9.17, 15) is 14.9 Å². The number of carbonyl (C=O) groups is 1. The molecule has 2 rings (SSSR count). The Morgan fingerprint density at radius 3 is 2.83 bits per heavy atom. The van der Waals surface area contributed by atoms with Gasteiger partial charge in [-0.2, -0.15) is 0 Å². The molecule has 8 nitrogen and oxygen atoms in total. The summed E-state index contributed by atoms with van der Waals surface area (Å²) in [5.41, 5.74) is -0.247. The zero-order valence-corrected chi connectivity index (χ0v) is 10.1. The van der Waals surface area contributed by atoms with Crippen molar-refractivity contribution in [2.75, 3.05) is 7.11 Å². The van der Waals surface area contributed by atoms with Gasteiger partial charge in [0.15, 0.2) is 0 Å². The van der Waals surface area contributed by atoms with Crippen LogP contribution in [0, 0.1) is 10.1 Å². The second-order valence-corrected chi connectivity index (χ2v) is 4.22. The quantitative estimate of drug-likeness (QED) is 0.614. The number of hydrogen-bond acceptors (Lipinski definition) is 5. The first-order valence-electron chi connectivity index (χ1n) is 5.61. The first-order valence-corrected chi connectivity index (χ1v) is 5.61. The predicted molar refractivity (Wildman–Crippen MR) is 61.3 cm³/mol. The molecule has 1 fully saturated rings. The fourth-order valence-electron chi connectivity index (χ4n) is 1.50. The van der Waals surface area contributed by atoms with Crippen LogP contribution in [0.25, 0.3) is 0 Å². The molecule has 0 bridgehead atoms. The Labute approximate surface area is 103 Å². The van der Waals surface area contributed by atoms with E-state index >= 15 is 0 Å². The van der Waals surface area contributed by atoms with Gasteiger partial charge in [0.05, 0.1) is 12.0 Å². The van der Waals surface area contributed by atoms with E-state index in [0.717, 1.165) is 12.8 Å². The van der Waals surface area contributed by atoms with Crippen molar-refractivity contribution in [1.29, 1.82) is 0 Å². The minimum absolute atomic E-state index is 0.0916. The summed E-state index contributed by atoms with van der Waals surface area (Å²) >= 11 is 0. The van der Waals surface area contributed by atoms with Gasteiger partial charge < -0.3 is 10.1 Å². The summed E-state index contributed by atoms with van der Waals surface area (Å²) in [5.74, 6) is -0.288. The third kappa shape index (κ3) is 2.41. The number of aromatic nitrogens is 2. The molecule has 1 aromatic rings. The average molecular weight is 254 g/mol. The smallest absolute Gasteiger partial charge is 0.350 e. The molecule has 18 heavy (non-hydrogen) atoms. The van der Waals surface area contributed by atoms with Crippen LogP contribution in [0.1, 0.15) is 25.8 Å². The van der Waals surface area contributed by atoms with E-state index in [1.54, 1.807) is 6.92 Å². The largest absolute Gasteiger partial charge is 0.475 e. The summed E-state index contributed by atoms with van der Waals surface area (Å²) < 4.78 is 6.05. The maximum atomic E-state index is 11.8. The Bertz CT molecular complexity index is 480. The molecule has 1 amide bonds. The minimum atomic E-state index is -0.604. The predicted octanol–water partition coefficient (Wildman–Crippen LogP) is 0.639. The first-order chi connectivity index (χ1) is 8.52. The summed E-state index contributed by atoms with van der Waals surface area (Å²) in [6.45, 7) is 1.63. The number of nitro groups is 1. The molecule has 0 radical (unpaired) electrons. The molecule has 1 heterocycles. The zero-order valence-electron chi connectivity index (χ0n) is 10.1. The molecule has 1 N–H and O–H groups in total. The van der Waals surface area contributed by atoms with Crippen LogP contribution in [0.2, 0.25) is 0 Å². The Morgan fingerprint density at radius 1 is 1.72 bits per heavy atom. The highest BCUT2D eigenvalue weighted by molar-refractivity contribution is 5.80. The molecular formula is C10H14N4O4. The van der Waals surface area contributed by atoms with Crippen molar-refractivity contribution in [3.05, 3.63) is 16.3 Å². The minimum Gasteiger partial charge on any atom is -0.475 e. The molecule has 1 aromatic heterocycles. The first kappa shape index (κ1) is 12.3. The summed E-state index contributed by atoms with van der Waals surface area (Å²) in [6.07, 6.45) is 3.18. The number of nitrogens with one attached hydrogen (secondary N) is 1. The SMILES string of the molecule is COc1nn(C(C)C(=O)NC2CC2)cc1[N+](=O)[O-]. The number of ether oxygens (including phenoxy) is 1. The number of nitrogens with zero attached hydrogens (tertiary/aromatic N) is 3. The zero-order chi connectivity index (χ0) is 13.3. The lowest BCUT2D eigenvalue weighted by Gasteiger charge is -2.11. The molecule has 1 atom stereocenters. The van der Waals surface area contributed by atoms with Crippen molar-refractivity contribution in [2.45, 2.75) is 31.8 Å². The van der Waals surface area contributed by atoms with Crippen molar-refractivity contribution in [3.63, 3.8) is 0 Å². The van der Waals surface area contributed by atoms with Gasteiger partial charge in [-0.3, -0.25) is 14.9 Å². The lowest BCUT2D eigenvalue weighted by Crippen LogP contribution is -2.32. The summed E-state index contributed by atoms with van der Waals surface area (Å²) in [7, 11) is 1.30. The summed E-state index contributed by atoms with van der Waals surface area (Å²) in [4.78, 5) is 21.9. The third-order valence-electron chi connectivity index (χ3n) is 2.77. The molecule has 0 aliphatic heterocycles. The Morgan fingerprint density at radius 2 is 2.39 bits per heavy atom. The topological polar surface area (TPSA) is 99.3 Å². The van der Waals surface area contributed by atoms with Gasteiger partial charge in [-0.05, 0) is 19.8 Å². The summed E-state index contributed by atoms with van der Waals surface area (Å²) in [6, 6.07) is -0.361. The van der Waals surface area contributed by atoms with Crippen LogP contribution < -0.4 is 10.1 Å². The van der Waals surface area contributed by atoms with E-state index in [-0.39, 0.29) is 23.5 Å². The van der Waals surface area contributed by atoms with Crippen molar-refractivity contribution < 1.29 is 14.5 Å². The molecule has 8 heteroatoms. The van der Waals surface area contributed by atoms with Crippen LogP contribution in [0.15, 0.2) is 6.20 Å². The number of hydrogen-bond donors (Lipinski definition) is 1. The van der Waals surface area contributed by atoms with Crippen LogP contribution in [-0.2, 0) is 4.79 Å². The van der Waals surface area contributed by atoms with E-state index in [4.69, 9.17) is 4.74 Å². The van der Waals surface area contributed by atoms with Gasteiger partial charge >= 0.3 is 11.6 Å². The standard InChI is InChI=1S/C10H14N4O4/c1-6(9(15)11-7-3-4-7)13-5-8(14(16)17)10(12-13)18-2/h5-7H,3-4H2,1-2H3,(H,11,15). The van der Waals surface area contributed by atoms with Gasteiger partial charge in [0, 0.05) is 6.04 Å². The van der Waals surface area contributed by atoms with Gasteiger partial charge in [-0.25, -0.2) is 4.68 Å². The highest BCUT2D eigenvalue weighted by Crippen LogP contribution is 2.26. The monoisotopic (exact) mass is 254 g/mol. The molecule has 1 aliphatic carbocycles. The molecular weight excluding hydrogens is 240 g/mol. The van der Waals surface area contributed by atoms with Gasteiger partial charge in [0.25, 0.3) is 0 Å². The second kappa shape index (κ2) is 4.63. The number of methoxy groups -OCH3 is 1. The van der Waals surface area contributed by atoms with Crippen molar-refractivity contribution >= 4 is 11.6 Å². The molecule has 0 spiro atoms. The Kier molecular flexibility index (Phi) is 3.17. The maximum Gasteiger partial charge on any atom is 0.350 e. The lowest BCUT2D eigenvalue weighted by molar-refractivity contribution is -0.385. The Hall–Kier alpha value is -2.12. The van der Waals surface area contributed by atoms with E-state index in [1.165, 1.54) is 18.0 Å². The molecule has 0 aromatic carbocycles. The fourth-order valence-corrected chi connectivity index (χ4v) is 1.50. The maximum absolute atomic E-state index is 11.8. The van der Waals surface area contributed by atoms with Crippen LogP contribution >= 0.6 is 0 Å². The van der Waals surface area contributed by atoms with E-state index in [1.807, 2.05) is 0 Å². The van der Waals surface area contributed by atoms with Crippen LogP contribution in [-0.4, -0.2) is 33.8 Å². The van der Waals surface area contributed by atoms with Gasteiger partial charge in [-0.15, -0.1) is 5.10 Å². The van der Waals surface area contributed by atoms with Crippen molar-refractivity contribution in [2.24, 2.45) is 0 Å². The van der Waals surface area contributed by atoms with Crippen molar-refractivity contribution in [3.8, 4) is 5.88 Å². The van der Waals surface area contributed by atoms with Crippen LogP contribution in [0.3, 0.4) is 0 Å². The molecule has 1 aliphatic rings. The third-order valence-corrected chi connectivity index (χ3v) is 2.77. The van der Waals surface area contributed by atoms with Gasteiger partial charge in [0.1, 0.15) is 12.2 Å². The van der Waals surface area contributed by atoms with Gasteiger partial charge in [-0.1, -0.05) is 0 Å². The number of amides is 1. The molecule has 1 unspecified atom stereocenters. The Balaban J connectivity index is 2.16. The van der Waals surface area contributed by atoms with Crippen molar-refractivity contribution in [1.82, 2.24) is 15.1 Å². The highest BCUT2D eigenvalue weighted by atomic mass is 16.6.